The molecule has 1 saturated carbocycles. The molecule has 0 aromatic heterocycles. The normalized spacial score (nSPS) is 29.5. The summed E-state index contributed by atoms with van der Waals surface area (Å²) in [7, 11) is 0. The maximum absolute atomic E-state index is 13.2. The van der Waals surface area contributed by atoms with Crippen LogP contribution in [0.1, 0.15) is 66.2 Å². The number of anilines is 1. The van der Waals surface area contributed by atoms with Gasteiger partial charge in [-0.25, -0.2) is 0 Å². The van der Waals surface area contributed by atoms with Crippen molar-refractivity contribution in [3.63, 3.8) is 0 Å². The van der Waals surface area contributed by atoms with Crippen LogP contribution in [-0.4, -0.2) is 49.3 Å². The summed E-state index contributed by atoms with van der Waals surface area (Å²) in [5, 5.41) is 3.10. The molecular formula is C26H42N2O3. The van der Waals surface area contributed by atoms with Gasteiger partial charge in [0.1, 0.15) is 18.0 Å². The molecule has 1 N–H and O–H groups in total. The lowest BCUT2D eigenvalue weighted by Crippen LogP contribution is -2.48. The minimum Gasteiger partial charge on any atom is -0.492 e. The maximum Gasteiger partial charge on any atom is 0.256 e. The highest BCUT2D eigenvalue weighted by molar-refractivity contribution is 5.97. The summed E-state index contributed by atoms with van der Waals surface area (Å²) in [6.07, 6.45) is 6.07. The van der Waals surface area contributed by atoms with Gasteiger partial charge in [-0.2, -0.15) is 0 Å². The van der Waals surface area contributed by atoms with E-state index in [1.54, 1.807) is 0 Å². The van der Waals surface area contributed by atoms with Gasteiger partial charge in [0.2, 0.25) is 0 Å². The van der Waals surface area contributed by atoms with Crippen LogP contribution in [0.2, 0.25) is 0 Å². The van der Waals surface area contributed by atoms with Gasteiger partial charge in [0.15, 0.2) is 0 Å². The summed E-state index contributed by atoms with van der Waals surface area (Å²) < 4.78 is 12.1. The monoisotopic (exact) mass is 430 g/mol. The Balaban J connectivity index is 1.50. The lowest BCUT2D eigenvalue weighted by molar-refractivity contribution is -0.148. The number of piperidine rings is 1. The Morgan fingerprint density at radius 1 is 1.10 bits per heavy atom. The molecule has 0 spiro atoms. The zero-order chi connectivity index (χ0) is 22.3. The molecule has 2 fully saturated rings. The Bertz CT molecular complexity index is 682. The zero-order valence-electron chi connectivity index (χ0n) is 20.0. The number of hydrogen-bond acceptors (Lipinski definition) is 4. The van der Waals surface area contributed by atoms with E-state index in [1.165, 1.54) is 25.9 Å². The van der Waals surface area contributed by atoms with Gasteiger partial charge in [-0.15, -0.1) is 0 Å². The number of carbonyl (C=O) groups is 1. The van der Waals surface area contributed by atoms with Crippen molar-refractivity contribution in [1.82, 2.24) is 4.90 Å². The van der Waals surface area contributed by atoms with Crippen LogP contribution >= 0.6 is 0 Å². The van der Waals surface area contributed by atoms with E-state index in [9.17, 15) is 4.79 Å². The number of rotatable bonds is 9. The van der Waals surface area contributed by atoms with Crippen molar-refractivity contribution in [2.45, 2.75) is 71.8 Å². The Kier molecular flexibility index (Phi) is 8.79. The molecule has 3 rings (SSSR count). The smallest absolute Gasteiger partial charge is 0.256 e. The van der Waals surface area contributed by atoms with Crippen LogP contribution in [0.25, 0.3) is 0 Å². The van der Waals surface area contributed by atoms with Crippen molar-refractivity contribution >= 4 is 11.6 Å². The van der Waals surface area contributed by atoms with Crippen molar-refractivity contribution in [1.29, 1.82) is 0 Å². The van der Waals surface area contributed by atoms with E-state index in [-0.39, 0.29) is 5.91 Å². The van der Waals surface area contributed by atoms with Crippen molar-refractivity contribution in [3.8, 4) is 5.75 Å². The molecule has 2 aliphatic rings. The Labute approximate surface area is 188 Å². The third-order valence-corrected chi connectivity index (χ3v) is 6.68. The minimum absolute atomic E-state index is 0.00509. The van der Waals surface area contributed by atoms with Crippen LogP contribution in [0, 0.1) is 17.8 Å². The van der Waals surface area contributed by atoms with Crippen LogP contribution < -0.4 is 10.1 Å². The first kappa shape index (κ1) is 24.1. The fourth-order valence-electron chi connectivity index (χ4n) is 5.35. The minimum atomic E-state index is -0.689. The molecule has 174 valence electrons. The second-order valence-electron chi connectivity index (χ2n) is 10.1. The van der Waals surface area contributed by atoms with Gasteiger partial charge in [-0.1, -0.05) is 34.1 Å². The molecule has 1 aliphatic carbocycles. The molecule has 5 nitrogen and oxygen atoms in total. The first-order valence-electron chi connectivity index (χ1n) is 12.3. The number of hydrogen-bond donors (Lipinski definition) is 1. The van der Waals surface area contributed by atoms with Crippen molar-refractivity contribution < 1.29 is 14.3 Å². The van der Waals surface area contributed by atoms with Gasteiger partial charge in [-0.05, 0) is 74.1 Å². The van der Waals surface area contributed by atoms with Crippen molar-refractivity contribution in [2.24, 2.45) is 17.8 Å². The average molecular weight is 431 g/mol. The van der Waals surface area contributed by atoms with E-state index in [1.807, 2.05) is 24.3 Å². The molecule has 1 amide bonds. The summed E-state index contributed by atoms with van der Waals surface area (Å²) in [6.45, 7) is 13.6. The van der Waals surface area contributed by atoms with Gasteiger partial charge in [-0.3, -0.25) is 9.69 Å². The van der Waals surface area contributed by atoms with Crippen LogP contribution in [0.3, 0.4) is 0 Å². The number of likely N-dealkylation sites (tertiary alicyclic amines) is 1. The molecule has 0 radical (unpaired) electrons. The largest absolute Gasteiger partial charge is 0.492 e. The first-order chi connectivity index (χ1) is 14.9. The van der Waals surface area contributed by atoms with Gasteiger partial charge in [0.05, 0.1) is 0 Å². The number of amides is 1. The van der Waals surface area contributed by atoms with E-state index in [0.717, 1.165) is 55.5 Å². The molecule has 1 aliphatic heterocycles. The highest BCUT2D eigenvalue weighted by Gasteiger charge is 2.42. The summed E-state index contributed by atoms with van der Waals surface area (Å²) in [5.41, 5.74) is 0.111. The van der Waals surface area contributed by atoms with E-state index in [4.69, 9.17) is 9.47 Å². The predicted octanol–water partition coefficient (Wildman–Crippen LogP) is 5.36. The standard InChI is InChI=1S/C26H42N2O3/c1-5-14-31-26(12-6-7-20(2)17-26)25(29)27-23-8-10-24(11-9-23)30-15-13-28-18-21(3)16-22(4)19-28/h8-11,20-22H,5-7,12-19H2,1-4H3,(H,27,29)/t20-,21-,22-,26-/m1/s1. The Hall–Kier alpha value is -1.59. The third-order valence-electron chi connectivity index (χ3n) is 6.68. The van der Waals surface area contributed by atoms with Gasteiger partial charge in [0.25, 0.3) is 5.91 Å². The molecular weight excluding hydrogens is 388 g/mol. The quantitative estimate of drug-likeness (QED) is 0.573. The van der Waals surface area contributed by atoms with E-state index in [2.05, 4.69) is 37.9 Å². The van der Waals surface area contributed by atoms with Crippen LogP contribution in [0.5, 0.6) is 5.75 Å². The van der Waals surface area contributed by atoms with Crippen molar-refractivity contribution in [3.05, 3.63) is 24.3 Å². The van der Waals surface area contributed by atoms with Crippen LogP contribution in [0.15, 0.2) is 24.3 Å². The highest BCUT2D eigenvalue weighted by Crippen LogP contribution is 2.36. The van der Waals surface area contributed by atoms with Crippen molar-refractivity contribution in [2.75, 3.05) is 38.2 Å². The second kappa shape index (κ2) is 11.3. The number of ether oxygens (including phenoxy) is 2. The summed E-state index contributed by atoms with van der Waals surface area (Å²) in [4.78, 5) is 15.7. The molecule has 31 heavy (non-hydrogen) atoms. The van der Waals surface area contributed by atoms with Crippen LogP contribution in [-0.2, 0) is 9.53 Å². The summed E-state index contributed by atoms with van der Waals surface area (Å²) in [5.74, 6) is 2.89. The average Bonchev–Trinajstić information content (AvgIpc) is 2.73. The number of carbonyl (C=O) groups excluding carboxylic acids is 1. The molecule has 1 heterocycles. The molecule has 1 aromatic carbocycles. The summed E-state index contributed by atoms with van der Waals surface area (Å²) in [6, 6.07) is 7.75. The fourth-order valence-corrected chi connectivity index (χ4v) is 5.35. The fraction of sp³-hybridized carbons (Fsp3) is 0.731. The topological polar surface area (TPSA) is 50.8 Å². The van der Waals surface area contributed by atoms with Gasteiger partial charge >= 0.3 is 0 Å². The maximum atomic E-state index is 13.2. The predicted molar refractivity (Wildman–Crippen MR) is 127 cm³/mol. The number of benzene rings is 1. The molecule has 0 bridgehead atoms. The molecule has 5 heteroatoms. The number of nitrogens with one attached hydrogen (secondary N) is 1. The second-order valence-corrected chi connectivity index (χ2v) is 10.1. The lowest BCUT2D eigenvalue weighted by atomic mass is 9.78. The Morgan fingerprint density at radius 2 is 1.81 bits per heavy atom. The highest BCUT2D eigenvalue weighted by atomic mass is 16.5. The number of nitrogens with zero attached hydrogens (tertiary/aromatic N) is 1. The third kappa shape index (κ3) is 6.95. The zero-order valence-corrected chi connectivity index (χ0v) is 20.0. The van der Waals surface area contributed by atoms with Gasteiger partial charge in [0, 0.05) is 31.9 Å². The molecule has 1 saturated heterocycles. The van der Waals surface area contributed by atoms with E-state index >= 15 is 0 Å². The molecule has 4 atom stereocenters. The lowest BCUT2D eigenvalue weighted by Gasteiger charge is -2.38. The van der Waals surface area contributed by atoms with E-state index < -0.39 is 5.60 Å². The Morgan fingerprint density at radius 3 is 2.45 bits per heavy atom. The van der Waals surface area contributed by atoms with E-state index in [0.29, 0.717) is 19.1 Å². The molecule has 0 unspecified atom stereocenters. The SMILES string of the molecule is CCCO[C@]1(C(=O)Nc2ccc(OCCN3C[C@H](C)C[C@@H](C)C3)cc2)CCC[C@@H](C)C1. The first-order valence-corrected chi connectivity index (χ1v) is 12.3. The van der Waals surface area contributed by atoms with Gasteiger partial charge < -0.3 is 14.8 Å². The summed E-state index contributed by atoms with van der Waals surface area (Å²) >= 11 is 0. The molecule has 1 aromatic rings. The van der Waals surface area contributed by atoms with Crippen LogP contribution in [0.4, 0.5) is 5.69 Å².